The van der Waals surface area contributed by atoms with E-state index in [1.165, 1.54) is 30.2 Å². The molecule has 0 radical (unpaired) electrons. The molecule has 1 aromatic carbocycles. The van der Waals surface area contributed by atoms with Crippen molar-refractivity contribution in [2.75, 3.05) is 6.54 Å². The average Bonchev–Trinajstić information content (AvgIpc) is 3.32. The van der Waals surface area contributed by atoms with Gasteiger partial charge >= 0.3 is 0 Å². The predicted octanol–water partition coefficient (Wildman–Crippen LogP) is 3.80. The van der Waals surface area contributed by atoms with Gasteiger partial charge in [0.2, 0.25) is 12.3 Å². The Balaban J connectivity index is 0.000000326. The van der Waals surface area contributed by atoms with Crippen LogP contribution in [0.15, 0.2) is 16.6 Å². The second kappa shape index (κ2) is 11.1. The zero-order valence-electron chi connectivity index (χ0n) is 14.6. The number of aromatic nitrogens is 1. The molecule has 2 amide bonds. The maximum absolute atomic E-state index is 13.3. The summed E-state index contributed by atoms with van der Waals surface area (Å²) in [6.45, 7) is 6.46. The van der Waals surface area contributed by atoms with Gasteiger partial charge in [-0.1, -0.05) is 13.8 Å². The second-order valence-electron chi connectivity index (χ2n) is 5.03. The Morgan fingerprint density at radius 3 is 2.64 bits per heavy atom. The third kappa shape index (κ3) is 7.48. The minimum absolute atomic E-state index is 0.0638. The van der Waals surface area contributed by atoms with E-state index < -0.39 is 0 Å². The van der Waals surface area contributed by atoms with Crippen molar-refractivity contribution in [3.8, 4) is 0 Å². The summed E-state index contributed by atoms with van der Waals surface area (Å²) in [6.07, 6.45) is 3.36. The Hall–Kier alpha value is -1.54. The number of halogens is 2. The van der Waals surface area contributed by atoms with Gasteiger partial charge < -0.3 is 10.6 Å². The molecule has 0 aliphatic heterocycles. The van der Waals surface area contributed by atoms with Crippen molar-refractivity contribution < 1.29 is 14.0 Å². The fourth-order valence-electron chi connectivity index (χ4n) is 1.79. The van der Waals surface area contributed by atoms with Crippen LogP contribution in [0.25, 0.3) is 10.2 Å². The number of benzene rings is 1. The summed E-state index contributed by atoms with van der Waals surface area (Å²) in [6, 6.07) is 3.59. The highest BCUT2D eigenvalue weighted by Crippen LogP contribution is 2.28. The van der Waals surface area contributed by atoms with Crippen molar-refractivity contribution in [2.24, 2.45) is 0 Å². The van der Waals surface area contributed by atoms with Crippen LogP contribution in [0.3, 0.4) is 0 Å². The van der Waals surface area contributed by atoms with Crippen molar-refractivity contribution in [1.29, 1.82) is 0 Å². The van der Waals surface area contributed by atoms with Crippen LogP contribution in [0.4, 0.5) is 4.39 Å². The molecule has 0 unspecified atom stereocenters. The third-order valence-electron chi connectivity index (χ3n) is 3.04. The number of nitrogens with one attached hydrogen (secondary N) is 2. The first-order valence-corrected chi connectivity index (χ1v) is 9.85. The molecule has 1 aromatic heterocycles. The molecule has 8 heteroatoms. The smallest absolute Gasteiger partial charge is 0.226 e. The lowest BCUT2D eigenvalue weighted by atomic mass is 10.3. The molecule has 0 atom stereocenters. The fourth-order valence-corrected chi connectivity index (χ4v) is 3.27. The molecule has 1 aliphatic rings. The maximum Gasteiger partial charge on any atom is 0.226 e. The predicted molar refractivity (Wildman–Crippen MR) is 103 cm³/mol. The van der Waals surface area contributed by atoms with E-state index >= 15 is 0 Å². The number of fused-ring (bicyclic) bond motifs is 1. The van der Waals surface area contributed by atoms with E-state index in [9.17, 15) is 14.0 Å². The average molecular weight is 432 g/mol. The van der Waals surface area contributed by atoms with Gasteiger partial charge in [-0.25, -0.2) is 9.37 Å². The number of hydrogen-bond donors (Lipinski definition) is 2. The number of amides is 2. The Morgan fingerprint density at radius 1 is 1.44 bits per heavy atom. The number of carbonyl (C=O) groups excluding carboxylic acids is 2. The molecule has 0 bridgehead atoms. The molecular formula is C17H23BrFN3O2S. The van der Waals surface area contributed by atoms with E-state index in [1.54, 1.807) is 6.07 Å². The van der Waals surface area contributed by atoms with Crippen LogP contribution in [0.5, 0.6) is 0 Å². The summed E-state index contributed by atoms with van der Waals surface area (Å²) >= 11 is 4.53. The second-order valence-corrected chi connectivity index (χ2v) is 7.00. The monoisotopic (exact) mass is 431 g/mol. The van der Waals surface area contributed by atoms with Gasteiger partial charge in [0.15, 0.2) is 0 Å². The highest BCUT2D eigenvalue weighted by Gasteiger charge is 2.19. The van der Waals surface area contributed by atoms with Crippen molar-refractivity contribution in [3.05, 3.63) is 27.4 Å². The van der Waals surface area contributed by atoms with Crippen molar-refractivity contribution >= 4 is 49.8 Å². The van der Waals surface area contributed by atoms with E-state index in [-0.39, 0.29) is 18.1 Å². The zero-order valence-corrected chi connectivity index (χ0v) is 17.0. The van der Waals surface area contributed by atoms with Crippen molar-refractivity contribution in [1.82, 2.24) is 15.6 Å². The van der Waals surface area contributed by atoms with Crippen molar-refractivity contribution in [2.45, 2.75) is 46.1 Å². The summed E-state index contributed by atoms with van der Waals surface area (Å²) in [4.78, 5) is 25.2. The standard InChI is InChI=1S/C11H10BrFN2OS.C4H7NO.C2H6/c1-2-14-10(16)5-11-15-8-4-7(13)6(12)3-9(8)17-11;6-3-5-4-1-2-4;1-2/h3-4H,2,5H2,1H3,(H,14,16);3-4H,1-2H2,(H,5,6);1-2H3. The van der Waals surface area contributed by atoms with Gasteiger partial charge in [-0.05, 0) is 41.8 Å². The van der Waals surface area contributed by atoms with Crippen LogP contribution in [-0.2, 0) is 16.0 Å². The Kier molecular flexibility index (Phi) is 9.59. The molecule has 3 rings (SSSR count). The summed E-state index contributed by atoms with van der Waals surface area (Å²) in [5, 5.41) is 6.04. The highest BCUT2D eigenvalue weighted by atomic mass is 79.9. The molecule has 2 aromatic rings. The topological polar surface area (TPSA) is 71.1 Å². The molecule has 25 heavy (non-hydrogen) atoms. The van der Waals surface area contributed by atoms with Crippen LogP contribution < -0.4 is 10.6 Å². The molecule has 1 saturated carbocycles. The first kappa shape index (κ1) is 21.5. The zero-order chi connectivity index (χ0) is 18.8. The molecular weight excluding hydrogens is 409 g/mol. The fraction of sp³-hybridized carbons (Fsp3) is 0.471. The molecule has 5 nitrogen and oxygen atoms in total. The van der Waals surface area contributed by atoms with E-state index in [0.29, 0.717) is 27.6 Å². The van der Waals surface area contributed by atoms with Crippen LogP contribution in [0, 0.1) is 5.82 Å². The van der Waals surface area contributed by atoms with Crippen LogP contribution in [0.2, 0.25) is 0 Å². The number of nitrogens with zero attached hydrogens (tertiary/aromatic N) is 1. The molecule has 0 spiro atoms. The molecule has 2 N–H and O–H groups in total. The molecule has 138 valence electrons. The van der Waals surface area contributed by atoms with Gasteiger partial charge in [-0.3, -0.25) is 9.59 Å². The summed E-state index contributed by atoms with van der Waals surface area (Å²) in [5.74, 6) is -0.404. The maximum atomic E-state index is 13.3. The van der Waals surface area contributed by atoms with Crippen molar-refractivity contribution in [3.63, 3.8) is 0 Å². The SMILES string of the molecule is CC.CCNC(=O)Cc1nc2cc(F)c(Br)cc2s1.O=CNC1CC1. The number of rotatable bonds is 5. The Bertz CT molecular complexity index is 666. The van der Waals surface area contributed by atoms with Gasteiger partial charge in [0.25, 0.3) is 0 Å². The molecule has 1 heterocycles. The van der Waals surface area contributed by atoms with Crippen LogP contribution in [0.1, 0.15) is 38.6 Å². The number of likely N-dealkylation sites (N-methyl/N-ethyl adjacent to an activating group) is 1. The van der Waals surface area contributed by atoms with Gasteiger partial charge in [0.1, 0.15) is 10.8 Å². The third-order valence-corrected chi connectivity index (χ3v) is 4.67. The Morgan fingerprint density at radius 2 is 2.12 bits per heavy atom. The van der Waals surface area contributed by atoms with E-state index in [2.05, 4.69) is 31.5 Å². The van der Waals surface area contributed by atoms with Gasteiger partial charge in [0, 0.05) is 18.7 Å². The van der Waals surface area contributed by atoms with Crippen LogP contribution >= 0.6 is 27.3 Å². The Labute approximate surface area is 159 Å². The quantitative estimate of drug-likeness (QED) is 0.707. The molecule has 1 fully saturated rings. The summed E-state index contributed by atoms with van der Waals surface area (Å²) < 4.78 is 14.6. The number of thiazole rings is 1. The summed E-state index contributed by atoms with van der Waals surface area (Å²) in [5.41, 5.74) is 0.593. The normalized spacial score (nSPS) is 12.4. The molecule has 0 saturated heterocycles. The van der Waals surface area contributed by atoms with Crippen LogP contribution in [-0.4, -0.2) is 29.9 Å². The summed E-state index contributed by atoms with van der Waals surface area (Å²) in [7, 11) is 0. The van der Waals surface area contributed by atoms with Gasteiger partial charge in [0.05, 0.1) is 21.1 Å². The highest BCUT2D eigenvalue weighted by molar-refractivity contribution is 9.10. The number of carbonyl (C=O) groups is 2. The van der Waals surface area contributed by atoms with Gasteiger partial charge in [-0.15, -0.1) is 11.3 Å². The largest absolute Gasteiger partial charge is 0.356 e. The lowest BCUT2D eigenvalue weighted by molar-refractivity contribution is -0.120. The number of hydrogen-bond acceptors (Lipinski definition) is 4. The minimum atomic E-state index is -0.340. The van der Waals surface area contributed by atoms with E-state index in [0.717, 1.165) is 11.1 Å². The van der Waals surface area contributed by atoms with E-state index in [4.69, 9.17) is 0 Å². The lowest BCUT2D eigenvalue weighted by Gasteiger charge is -1.97. The first-order valence-electron chi connectivity index (χ1n) is 8.24. The van der Waals surface area contributed by atoms with Gasteiger partial charge in [-0.2, -0.15) is 0 Å². The first-order chi connectivity index (χ1) is 12.0. The minimum Gasteiger partial charge on any atom is -0.356 e. The lowest BCUT2D eigenvalue weighted by Crippen LogP contribution is -2.24. The molecule has 1 aliphatic carbocycles. The van der Waals surface area contributed by atoms with E-state index in [1.807, 2.05) is 20.8 Å².